The molecule has 1 amide bonds. The average Bonchev–Trinajstić information content (AvgIpc) is 2.92. The van der Waals surface area contributed by atoms with Gasteiger partial charge in [0, 0.05) is 22.3 Å². The molecule has 0 fully saturated rings. The average molecular weight is 523 g/mol. The number of benzene rings is 2. The third-order valence-electron chi connectivity index (χ3n) is 6.77. The first-order chi connectivity index (χ1) is 18.3. The van der Waals surface area contributed by atoms with Gasteiger partial charge in [0.1, 0.15) is 11.1 Å². The lowest BCUT2D eigenvalue weighted by Gasteiger charge is -2.22. The summed E-state index contributed by atoms with van der Waals surface area (Å²) in [6.45, 7) is 4.01. The van der Waals surface area contributed by atoms with Crippen LogP contribution in [0, 0.1) is 17.2 Å². The molecule has 2 aromatic heterocycles. The zero-order valence-electron chi connectivity index (χ0n) is 21.1. The monoisotopic (exact) mass is 522 g/mol. The molecule has 0 radical (unpaired) electrons. The van der Waals surface area contributed by atoms with E-state index in [9.17, 15) is 20.0 Å². The summed E-state index contributed by atoms with van der Waals surface area (Å²) < 4.78 is 0. The molecule has 0 aliphatic heterocycles. The lowest BCUT2D eigenvalue weighted by molar-refractivity contribution is -0.115. The highest BCUT2D eigenvalue weighted by molar-refractivity contribution is 8.00. The van der Waals surface area contributed by atoms with Crippen molar-refractivity contribution in [2.45, 2.75) is 43.4 Å². The van der Waals surface area contributed by atoms with Gasteiger partial charge in [-0.05, 0) is 68.0 Å². The van der Waals surface area contributed by atoms with Crippen LogP contribution < -0.4 is 5.32 Å². The van der Waals surface area contributed by atoms with Gasteiger partial charge in [-0.1, -0.05) is 49.0 Å². The summed E-state index contributed by atoms with van der Waals surface area (Å²) in [5, 5.41) is 22.9. The number of thioether (sulfide) groups is 1. The largest absolute Gasteiger partial charge is 0.478 e. The number of nitrogens with zero attached hydrogens (tertiary/aromatic N) is 3. The number of aromatic nitrogens is 2. The van der Waals surface area contributed by atoms with Crippen molar-refractivity contribution < 1.29 is 14.7 Å². The lowest BCUT2D eigenvalue weighted by Crippen LogP contribution is -2.23. The number of para-hydroxylation sites is 1. The number of carboxylic acid groups (broad SMARTS) is 1. The molecule has 190 valence electrons. The van der Waals surface area contributed by atoms with Crippen LogP contribution in [0.2, 0.25) is 0 Å². The molecule has 8 heteroatoms. The Kier molecular flexibility index (Phi) is 7.12. The zero-order valence-corrected chi connectivity index (χ0v) is 21.9. The fraction of sp³-hybridized carbons (Fsp3) is 0.233. The van der Waals surface area contributed by atoms with E-state index in [-0.39, 0.29) is 11.5 Å². The van der Waals surface area contributed by atoms with Crippen LogP contribution in [0.5, 0.6) is 0 Å². The van der Waals surface area contributed by atoms with Crippen molar-refractivity contribution in [1.29, 1.82) is 5.26 Å². The van der Waals surface area contributed by atoms with E-state index >= 15 is 0 Å². The number of hydrogen-bond acceptors (Lipinski definition) is 6. The molecule has 2 heterocycles. The summed E-state index contributed by atoms with van der Waals surface area (Å²) in [5.74, 6) is -0.624. The second-order valence-electron chi connectivity index (χ2n) is 9.61. The molecule has 2 aromatic carbocycles. The van der Waals surface area contributed by atoms with Crippen LogP contribution in [-0.4, -0.2) is 32.2 Å². The number of rotatable bonds is 6. The van der Waals surface area contributed by atoms with E-state index in [1.54, 1.807) is 55.5 Å². The van der Waals surface area contributed by atoms with Crippen molar-refractivity contribution in [2.24, 2.45) is 5.92 Å². The number of pyridine rings is 2. The van der Waals surface area contributed by atoms with Gasteiger partial charge in [0.05, 0.1) is 27.6 Å². The first kappa shape index (κ1) is 25.4. The van der Waals surface area contributed by atoms with E-state index in [4.69, 9.17) is 4.98 Å². The summed E-state index contributed by atoms with van der Waals surface area (Å²) in [4.78, 5) is 34.1. The number of aromatic carboxylic acids is 1. The molecule has 38 heavy (non-hydrogen) atoms. The molecular formula is C30H26N4O3S. The van der Waals surface area contributed by atoms with Gasteiger partial charge in [-0.3, -0.25) is 4.79 Å². The smallest absolute Gasteiger partial charge is 0.336 e. The summed E-state index contributed by atoms with van der Waals surface area (Å²) in [6, 6.07) is 20.0. The number of carboxylic acids is 1. The molecule has 0 bridgehead atoms. The van der Waals surface area contributed by atoms with Crippen molar-refractivity contribution in [1.82, 2.24) is 9.97 Å². The highest BCUT2D eigenvalue weighted by Gasteiger charge is 2.22. The number of nitrogens with one attached hydrogen (secondary N) is 1. The van der Waals surface area contributed by atoms with Crippen molar-refractivity contribution in [3.8, 4) is 17.3 Å². The molecule has 0 saturated heterocycles. The first-order valence-corrected chi connectivity index (χ1v) is 13.3. The van der Waals surface area contributed by atoms with Crippen LogP contribution in [-0.2, 0) is 17.6 Å². The Hall–Kier alpha value is -4.22. The summed E-state index contributed by atoms with van der Waals surface area (Å²) in [7, 11) is 0. The lowest BCUT2D eigenvalue weighted by atomic mass is 9.87. The van der Waals surface area contributed by atoms with Crippen LogP contribution in [0.3, 0.4) is 0 Å². The molecule has 1 aliphatic carbocycles. The van der Waals surface area contributed by atoms with Crippen LogP contribution in [0.1, 0.15) is 47.4 Å². The molecule has 2 N–H and O–H groups in total. The minimum Gasteiger partial charge on any atom is -0.478 e. The highest BCUT2D eigenvalue weighted by atomic mass is 32.2. The van der Waals surface area contributed by atoms with Crippen molar-refractivity contribution in [2.75, 3.05) is 5.32 Å². The predicted octanol–water partition coefficient (Wildman–Crippen LogP) is 6.11. The maximum atomic E-state index is 12.9. The van der Waals surface area contributed by atoms with E-state index in [2.05, 4.69) is 23.3 Å². The van der Waals surface area contributed by atoms with E-state index < -0.39 is 11.2 Å². The number of hydrogen-bond donors (Lipinski definition) is 2. The maximum absolute atomic E-state index is 12.9. The Morgan fingerprint density at radius 2 is 1.89 bits per heavy atom. The van der Waals surface area contributed by atoms with Crippen LogP contribution >= 0.6 is 11.8 Å². The molecule has 2 unspecified atom stereocenters. The van der Waals surface area contributed by atoms with E-state index in [1.165, 1.54) is 11.8 Å². The third-order valence-corrected chi connectivity index (χ3v) is 7.87. The number of amides is 1. The Morgan fingerprint density at radius 1 is 1.13 bits per heavy atom. The van der Waals surface area contributed by atoms with Gasteiger partial charge in [-0.15, -0.1) is 0 Å². The van der Waals surface area contributed by atoms with Gasteiger partial charge in [-0.2, -0.15) is 5.26 Å². The van der Waals surface area contributed by atoms with Crippen LogP contribution in [0.15, 0.2) is 65.7 Å². The summed E-state index contributed by atoms with van der Waals surface area (Å²) >= 11 is 1.29. The van der Waals surface area contributed by atoms with Crippen molar-refractivity contribution in [3.05, 3.63) is 83.0 Å². The summed E-state index contributed by atoms with van der Waals surface area (Å²) in [5.41, 5.74) is 5.36. The minimum absolute atomic E-state index is 0.191. The van der Waals surface area contributed by atoms with E-state index in [0.29, 0.717) is 38.8 Å². The Bertz CT molecular complexity index is 1590. The van der Waals surface area contributed by atoms with Gasteiger partial charge in [0.2, 0.25) is 5.91 Å². The molecule has 0 saturated carbocycles. The number of aryl methyl sites for hydroxylation is 1. The van der Waals surface area contributed by atoms with Crippen molar-refractivity contribution in [3.63, 3.8) is 0 Å². The molecular weight excluding hydrogens is 496 g/mol. The van der Waals surface area contributed by atoms with Crippen molar-refractivity contribution >= 4 is 40.2 Å². The SMILES string of the molecule is CC1CCc2nc(SC(C)C(=O)Nc3ccc(-c4cc(C(=O)O)c5ccccc5n4)cc3)c(C#N)cc2C1. The zero-order chi connectivity index (χ0) is 26.8. The molecule has 1 aliphatic rings. The minimum atomic E-state index is -1.01. The van der Waals surface area contributed by atoms with Gasteiger partial charge in [0.15, 0.2) is 0 Å². The second kappa shape index (κ2) is 10.6. The highest BCUT2D eigenvalue weighted by Crippen LogP contribution is 2.32. The third kappa shape index (κ3) is 5.24. The number of carbonyl (C=O) groups is 2. The molecule has 0 spiro atoms. The van der Waals surface area contributed by atoms with Crippen LogP contribution in [0.25, 0.3) is 22.2 Å². The molecule has 7 nitrogen and oxygen atoms in total. The fourth-order valence-corrected chi connectivity index (χ4v) is 5.58. The number of anilines is 1. The summed E-state index contributed by atoms with van der Waals surface area (Å²) in [6.07, 6.45) is 2.90. The van der Waals surface area contributed by atoms with Gasteiger partial charge in [-0.25, -0.2) is 14.8 Å². The fourth-order valence-electron chi connectivity index (χ4n) is 4.69. The second-order valence-corrected chi connectivity index (χ2v) is 10.9. The molecule has 4 aromatic rings. The number of fused-ring (bicyclic) bond motifs is 2. The van der Waals surface area contributed by atoms with Gasteiger partial charge in [0.25, 0.3) is 0 Å². The quantitative estimate of drug-likeness (QED) is 0.293. The Morgan fingerprint density at radius 3 is 2.63 bits per heavy atom. The molecule has 5 rings (SSSR count). The van der Waals surface area contributed by atoms with Gasteiger partial charge >= 0.3 is 5.97 Å². The van der Waals surface area contributed by atoms with E-state index in [0.717, 1.165) is 36.1 Å². The van der Waals surface area contributed by atoms with Gasteiger partial charge < -0.3 is 10.4 Å². The number of nitriles is 1. The van der Waals surface area contributed by atoms with E-state index in [1.807, 2.05) is 12.1 Å². The molecule has 2 atom stereocenters. The first-order valence-electron chi connectivity index (χ1n) is 12.5. The Labute approximate surface area is 224 Å². The predicted molar refractivity (Wildman–Crippen MR) is 148 cm³/mol. The maximum Gasteiger partial charge on any atom is 0.336 e. The standard InChI is InChI=1S/C30H26N4O3S/c1-17-7-12-25-20(13-17)14-21(16-31)29(34-25)38-18(2)28(35)32-22-10-8-19(9-11-22)27-15-24(30(36)37)23-5-3-4-6-26(23)33-27/h3-6,8-11,14-15,17-18H,7,12-13H2,1-2H3,(H,32,35)(H,36,37). The normalized spacial score (nSPS) is 15.3. The topological polar surface area (TPSA) is 116 Å². The van der Waals surface area contributed by atoms with Crippen LogP contribution in [0.4, 0.5) is 5.69 Å². The Balaban J connectivity index is 1.31. The number of carbonyl (C=O) groups excluding carboxylic acids is 1.